The molecule has 36 heavy (non-hydrogen) atoms. The Bertz CT molecular complexity index is 1270. The zero-order valence-electron chi connectivity index (χ0n) is 20.7. The molecule has 5 rings (SSSR count). The summed E-state index contributed by atoms with van der Waals surface area (Å²) in [5.41, 5.74) is 3.51. The molecule has 0 saturated carbocycles. The molecule has 1 N–H and O–H groups in total. The van der Waals surface area contributed by atoms with E-state index in [1.807, 2.05) is 36.1 Å². The predicted octanol–water partition coefficient (Wildman–Crippen LogP) is 3.47. The second kappa shape index (κ2) is 9.70. The fourth-order valence-electron chi connectivity index (χ4n) is 5.75. The number of nitrogens with one attached hydrogen (secondary N) is 1. The number of fused-ring (bicyclic) bond motifs is 2. The number of rotatable bonds is 5. The molecule has 2 aromatic carbocycles. The molecule has 8 heteroatoms. The predicted molar refractivity (Wildman–Crippen MR) is 134 cm³/mol. The van der Waals surface area contributed by atoms with Crippen LogP contribution >= 0.6 is 0 Å². The number of aryl methyl sites for hydroxylation is 1. The maximum absolute atomic E-state index is 13.3. The van der Waals surface area contributed by atoms with Crippen molar-refractivity contribution in [2.75, 3.05) is 27.3 Å². The van der Waals surface area contributed by atoms with Crippen LogP contribution in [0.5, 0.6) is 5.75 Å². The molecule has 2 aliphatic rings. The Balaban J connectivity index is 1.41. The Morgan fingerprint density at radius 3 is 2.42 bits per heavy atom. The summed E-state index contributed by atoms with van der Waals surface area (Å²) >= 11 is 0. The molecule has 8 nitrogen and oxygen atoms in total. The quantitative estimate of drug-likeness (QED) is 0.594. The molecule has 1 fully saturated rings. The summed E-state index contributed by atoms with van der Waals surface area (Å²) in [5.74, 6) is 0.200. The average Bonchev–Trinajstić information content (AvgIpc) is 3.17. The second-order valence-electron chi connectivity index (χ2n) is 9.39. The summed E-state index contributed by atoms with van der Waals surface area (Å²) in [6.07, 6.45) is 4.31. The summed E-state index contributed by atoms with van der Waals surface area (Å²) in [6.45, 7) is 2.98. The van der Waals surface area contributed by atoms with Crippen LogP contribution in [-0.2, 0) is 10.2 Å². The number of likely N-dealkylation sites (tertiary alicyclic amines) is 1. The molecule has 2 atom stereocenters. The van der Waals surface area contributed by atoms with Crippen LogP contribution in [0.1, 0.15) is 56.6 Å². The SMILES string of the molecule is COc1ccccc1C(=O)N[C@@H]1c2ccccc2C2(CCN(C(=O)c3cnc(C)cn3)CC2)[C@H]1OC. The highest BCUT2D eigenvalue weighted by molar-refractivity contribution is 5.97. The highest BCUT2D eigenvalue weighted by atomic mass is 16.5. The monoisotopic (exact) mass is 486 g/mol. The number of benzene rings is 2. The minimum atomic E-state index is -0.325. The molecule has 186 valence electrons. The van der Waals surface area contributed by atoms with Crippen molar-refractivity contribution in [3.8, 4) is 5.75 Å². The van der Waals surface area contributed by atoms with Crippen molar-refractivity contribution in [3.05, 3.63) is 89.0 Å². The van der Waals surface area contributed by atoms with Gasteiger partial charge in [-0.05, 0) is 43.0 Å². The number of carbonyl (C=O) groups excluding carboxylic acids is 2. The first kappa shape index (κ1) is 23.9. The lowest BCUT2D eigenvalue weighted by Crippen LogP contribution is -2.51. The standard InChI is InChI=1S/C28H30N4O4/c1-18-16-30-22(17-29-18)27(34)32-14-12-28(13-15-32)21-10-6-4-8-19(21)24(25(28)36-3)31-26(33)20-9-5-7-11-23(20)35-2/h4-11,16-17,24-25H,12-15H2,1-3H3,(H,31,33)/t24-,25+/m1/s1. The fourth-order valence-corrected chi connectivity index (χ4v) is 5.75. The van der Waals surface area contributed by atoms with Gasteiger partial charge in [0.05, 0.1) is 36.7 Å². The molecule has 1 saturated heterocycles. The average molecular weight is 487 g/mol. The van der Waals surface area contributed by atoms with Crippen LogP contribution in [0.15, 0.2) is 60.9 Å². The zero-order valence-corrected chi connectivity index (χ0v) is 20.7. The van der Waals surface area contributed by atoms with E-state index >= 15 is 0 Å². The van der Waals surface area contributed by atoms with Crippen LogP contribution in [0.2, 0.25) is 0 Å². The summed E-state index contributed by atoms with van der Waals surface area (Å²) in [6, 6.07) is 15.1. The van der Waals surface area contributed by atoms with Crippen molar-refractivity contribution >= 4 is 11.8 Å². The van der Waals surface area contributed by atoms with Gasteiger partial charge in [0, 0.05) is 31.8 Å². The molecule has 0 bridgehead atoms. The van der Waals surface area contributed by atoms with E-state index in [9.17, 15) is 9.59 Å². The van der Waals surface area contributed by atoms with Crippen molar-refractivity contribution in [2.24, 2.45) is 0 Å². The number of hydrogen-bond acceptors (Lipinski definition) is 6. The number of para-hydroxylation sites is 1. The number of nitrogens with zero attached hydrogens (tertiary/aromatic N) is 3. The number of carbonyl (C=O) groups is 2. The van der Waals surface area contributed by atoms with Gasteiger partial charge in [-0.15, -0.1) is 0 Å². The van der Waals surface area contributed by atoms with Crippen LogP contribution in [0.25, 0.3) is 0 Å². The minimum absolute atomic E-state index is 0.112. The van der Waals surface area contributed by atoms with Crippen LogP contribution in [0.4, 0.5) is 0 Å². The molecule has 2 amide bonds. The first-order valence-corrected chi connectivity index (χ1v) is 12.1. The Morgan fingerprint density at radius 2 is 1.72 bits per heavy atom. The van der Waals surface area contributed by atoms with Crippen molar-refractivity contribution < 1.29 is 19.1 Å². The lowest BCUT2D eigenvalue weighted by molar-refractivity contribution is -0.00939. The molecule has 1 aliphatic carbocycles. The van der Waals surface area contributed by atoms with Crippen molar-refractivity contribution in [1.82, 2.24) is 20.2 Å². The van der Waals surface area contributed by atoms with Crippen molar-refractivity contribution in [1.29, 1.82) is 0 Å². The van der Waals surface area contributed by atoms with Gasteiger partial charge in [-0.1, -0.05) is 36.4 Å². The summed E-state index contributed by atoms with van der Waals surface area (Å²) in [4.78, 5) is 36.7. The molecule has 1 spiro atoms. The second-order valence-corrected chi connectivity index (χ2v) is 9.39. The number of piperidine rings is 1. The Labute approximate surface area is 210 Å². The molecule has 0 radical (unpaired) electrons. The largest absolute Gasteiger partial charge is 0.496 e. The third kappa shape index (κ3) is 4.01. The van der Waals surface area contributed by atoms with Gasteiger partial charge in [0.2, 0.25) is 0 Å². The first-order valence-electron chi connectivity index (χ1n) is 12.1. The van der Waals surface area contributed by atoms with Gasteiger partial charge in [0.15, 0.2) is 0 Å². The number of amides is 2. The van der Waals surface area contributed by atoms with Gasteiger partial charge in [-0.3, -0.25) is 14.6 Å². The number of methoxy groups -OCH3 is 2. The Kier molecular flexibility index (Phi) is 6.45. The fraction of sp³-hybridized carbons (Fsp3) is 0.357. The van der Waals surface area contributed by atoms with E-state index in [1.54, 1.807) is 32.5 Å². The van der Waals surface area contributed by atoms with E-state index in [0.717, 1.165) is 11.3 Å². The van der Waals surface area contributed by atoms with E-state index in [0.29, 0.717) is 42.9 Å². The highest BCUT2D eigenvalue weighted by Crippen LogP contribution is 2.52. The molecular formula is C28H30N4O4. The van der Waals surface area contributed by atoms with E-state index < -0.39 is 0 Å². The van der Waals surface area contributed by atoms with E-state index in [2.05, 4.69) is 27.4 Å². The summed E-state index contributed by atoms with van der Waals surface area (Å²) < 4.78 is 11.5. The summed E-state index contributed by atoms with van der Waals surface area (Å²) in [5, 5.41) is 3.22. The number of aromatic nitrogens is 2. The van der Waals surface area contributed by atoms with Crippen LogP contribution in [-0.4, -0.2) is 60.1 Å². The normalized spacial score (nSPS) is 20.1. The smallest absolute Gasteiger partial charge is 0.274 e. The van der Waals surface area contributed by atoms with Gasteiger partial charge in [0.1, 0.15) is 11.4 Å². The molecule has 1 aromatic heterocycles. The van der Waals surface area contributed by atoms with Gasteiger partial charge in [0.25, 0.3) is 11.8 Å². The highest BCUT2D eigenvalue weighted by Gasteiger charge is 2.54. The Morgan fingerprint density at radius 1 is 1.00 bits per heavy atom. The molecule has 2 heterocycles. The molecule has 0 unspecified atom stereocenters. The summed E-state index contributed by atoms with van der Waals surface area (Å²) in [7, 11) is 3.25. The number of hydrogen-bond donors (Lipinski definition) is 1. The van der Waals surface area contributed by atoms with E-state index in [4.69, 9.17) is 9.47 Å². The van der Waals surface area contributed by atoms with Gasteiger partial charge >= 0.3 is 0 Å². The maximum Gasteiger partial charge on any atom is 0.274 e. The lowest BCUT2D eigenvalue weighted by atomic mass is 9.71. The first-order chi connectivity index (χ1) is 17.5. The zero-order chi connectivity index (χ0) is 25.3. The van der Waals surface area contributed by atoms with Crippen LogP contribution < -0.4 is 10.1 Å². The number of ether oxygens (including phenoxy) is 2. The Hall–Kier alpha value is -3.78. The van der Waals surface area contributed by atoms with Crippen LogP contribution in [0.3, 0.4) is 0 Å². The minimum Gasteiger partial charge on any atom is -0.496 e. The maximum atomic E-state index is 13.3. The van der Waals surface area contributed by atoms with Gasteiger partial charge in [-0.2, -0.15) is 0 Å². The topological polar surface area (TPSA) is 93.7 Å². The van der Waals surface area contributed by atoms with Crippen molar-refractivity contribution in [3.63, 3.8) is 0 Å². The third-order valence-electron chi connectivity index (χ3n) is 7.51. The molecule has 1 aliphatic heterocycles. The van der Waals surface area contributed by atoms with Gasteiger partial charge < -0.3 is 19.7 Å². The van der Waals surface area contributed by atoms with Crippen LogP contribution in [0, 0.1) is 6.92 Å². The third-order valence-corrected chi connectivity index (χ3v) is 7.51. The molecule has 3 aromatic rings. The van der Waals surface area contributed by atoms with Crippen molar-refractivity contribution in [2.45, 2.75) is 37.3 Å². The molecular weight excluding hydrogens is 456 g/mol. The van der Waals surface area contributed by atoms with E-state index in [1.165, 1.54) is 11.8 Å². The van der Waals surface area contributed by atoms with E-state index in [-0.39, 0.29) is 29.4 Å². The lowest BCUT2D eigenvalue weighted by Gasteiger charge is -2.44. The van der Waals surface area contributed by atoms with Gasteiger partial charge in [-0.25, -0.2) is 4.98 Å².